The van der Waals surface area contributed by atoms with Crippen LogP contribution in [0.1, 0.15) is 107 Å². The van der Waals surface area contributed by atoms with Crippen molar-refractivity contribution >= 4 is 62.7 Å². The summed E-state index contributed by atoms with van der Waals surface area (Å²) in [6.45, 7) is 8.50. The molecule has 2 aliphatic carbocycles. The Labute approximate surface area is 363 Å². The fourth-order valence-electron chi connectivity index (χ4n) is 11.4. The minimum atomic E-state index is -1.09. The molecule has 62 heavy (non-hydrogen) atoms. The maximum Gasteiger partial charge on any atom is 0.329 e. The van der Waals surface area contributed by atoms with Gasteiger partial charge in [-0.3, -0.25) is 37.9 Å². The van der Waals surface area contributed by atoms with Gasteiger partial charge in [0.1, 0.15) is 17.4 Å². The molecular weight excluding hydrogens is 810 g/mol. The predicted octanol–water partition coefficient (Wildman–Crippen LogP) is 5.96. The summed E-state index contributed by atoms with van der Waals surface area (Å²) in [4.78, 5) is 67.6. The summed E-state index contributed by atoms with van der Waals surface area (Å²) >= 11 is 0. The molecule has 2 aromatic heterocycles. The first-order chi connectivity index (χ1) is 29.9. The Balaban J connectivity index is 0.703. The number of likely N-dealkylation sites (tertiary alicyclic amines) is 1. The molecule has 3 atom stereocenters. The molecule has 5 fully saturated rings. The second kappa shape index (κ2) is 16.0. The number of fused-ring (bicyclic) bond motifs is 2. The lowest BCUT2D eigenvalue weighted by Gasteiger charge is -2.52. The third-order valence-electron chi connectivity index (χ3n) is 15.2. The van der Waals surface area contributed by atoms with Gasteiger partial charge in [0, 0.05) is 66.7 Å². The summed E-state index contributed by atoms with van der Waals surface area (Å²) in [7, 11) is 0.436. The number of rotatable bonds is 9. The van der Waals surface area contributed by atoms with Crippen LogP contribution < -0.4 is 26.1 Å². The van der Waals surface area contributed by atoms with Gasteiger partial charge in [0.15, 0.2) is 5.82 Å². The van der Waals surface area contributed by atoms with E-state index in [9.17, 15) is 23.4 Å². The van der Waals surface area contributed by atoms with Crippen LogP contribution in [0.4, 0.5) is 27.5 Å². The number of imidazole rings is 1. The second-order valence-corrected chi connectivity index (χ2v) is 20.7. The largest absolute Gasteiger partial charge is 0.369 e. The van der Waals surface area contributed by atoms with E-state index in [-0.39, 0.29) is 52.8 Å². The highest BCUT2D eigenvalue weighted by molar-refractivity contribution is 7.85. The number of aromatic nitrogens is 4. The van der Waals surface area contributed by atoms with Crippen LogP contribution in [-0.4, -0.2) is 89.9 Å². The lowest BCUT2D eigenvalue weighted by Crippen LogP contribution is -2.51. The summed E-state index contributed by atoms with van der Waals surface area (Å²) in [6.07, 6.45) is 12.5. The number of hydrogen-bond acceptors (Lipinski definition) is 10. The van der Waals surface area contributed by atoms with Crippen LogP contribution in [0.15, 0.2) is 46.2 Å². The van der Waals surface area contributed by atoms with Crippen molar-refractivity contribution in [2.24, 2.45) is 18.4 Å². The monoisotopic (exact) mass is 865 g/mol. The zero-order chi connectivity index (χ0) is 43.0. The highest BCUT2D eigenvalue weighted by Gasteiger charge is 2.48. The summed E-state index contributed by atoms with van der Waals surface area (Å²) in [5.74, 6) is 0.234. The zero-order valence-corrected chi connectivity index (χ0v) is 36.6. The van der Waals surface area contributed by atoms with Crippen molar-refractivity contribution < 1.29 is 23.0 Å². The molecule has 6 aliphatic rings. The number of nitrogens with one attached hydrogen (secondary N) is 2. The lowest BCUT2D eigenvalue weighted by atomic mass is 9.63. The molecule has 328 valence electrons. The highest BCUT2D eigenvalue weighted by atomic mass is 32.2. The summed E-state index contributed by atoms with van der Waals surface area (Å²) < 4.78 is 32.6. The first kappa shape index (κ1) is 41.1. The van der Waals surface area contributed by atoms with E-state index in [4.69, 9.17) is 4.98 Å². The molecule has 3 amide bonds. The normalized spacial score (nSPS) is 24.2. The van der Waals surface area contributed by atoms with Gasteiger partial charge < -0.3 is 15.1 Å². The number of halogens is 1. The van der Waals surface area contributed by atoms with Gasteiger partial charge in [-0.25, -0.2) is 14.2 Å². The van der Waals surface area contributed by atoms with E-state index in [1.165, 1.54) is 16.2 Å². The molecule has 1 spiro atoms. The number of carbonyl (C=O) groups excluding carboxylic acids is 3. The molecule has 4 aliphatic heterocycles. The summed E-state index contributed by atoms with van der Waals surface area (Å²) in [5, 5.41) is 5.83. The Bertz CT molecular complexity index is 2540. The van der Waals surface area contributed by atoms with Crippen LogP contribution in [0, 0.1) is 24.1 Å². The van der Waals surface area contributed by atoms with E-state index in [2.05, 4.69) is 25.4 Å². The maximum atomic E-state index is 16.2. The molecule has 2 aromatic carbocycles. The van der Waals surface area contributed by atoms with Crippen LogP contribution in [0.5, 0.6) is 0 Å². The maximum absolute atomic E-state index is 16.2. The van der Waals surface area contributed by atoms with Crippen molar-refractivity contribution in [3.05, 3.63) is 64.0 Å². The van der Waals surface area contributed by atoms with Gasteiger partial charge in [0.05, 0.1) is 27.9 Å². The van der Waals surface area contributed by atoms with E-state index in [1.54, 1.807) is 18.3 Å². The predicted molar refractivity (Wildman–Crippen MR) is 236 cm³/mol. The van der Waals surface area contributed by atoms with Crippen LogP contribution >= 0.6 is 0 Å². The van der Waals surface area contributed by atoms with Crippen LogP contribution in [0.2, 0.25) is 0 Å². The van der Waals surface area contributed by atoms with Crippen molar-refractivity contribution in [3.63, 3.8) is 0 Å². The average Bonchev–Trinajstić information content (AvgIpc) is 3.94. The first-order valence-corrected chi connectivity index (χ1v) is 23.8. The molecule has 14 nitrogen and oxygen atoms in total. The van der Waals surface area contributed by atoms with Crippen LogP contribution in [-0.2, 0) is 32.2 Å². The topological polar surface area (TPSA) is 155 Å². The number of benzene rings is 2. The molecule has 2 saturated carbocycles. The zero-order valence-electron chi connectivity index (χ0n) is 35.8. The molecule has 0 radical (unpaired) electrons. The van der Waals surface area contributed by atoms with Gasteiger partial charge in [-0.15, -0.1) is 0 Å². The van der Waals surface area contributed by atoms with Crippen molar-refractivity contribution in [3.8, 4) is 0 Å². The van der Waals surface area contributed by atoms with Gasteiger partial charge in [0.2, 0.25) is 23.7 Å². The molecule has 16 heteroatoms. The lowest BCUT2D eigenvalue weighted by molar-refractivity contribution is -0.135. The van der Waals surface area contributed by atoms with Gasteiger partial charge in [-0.05, 0) is 132 Å². The fourth-order valence-corrected chi connectivity index (χ4v) is 13.3. The number of anilines is 4. The van der Waals surface area contributed by atoms with Gasteiger partial charge >= 0.3 is 5.69 Å². The van der Waals surface area contributed by atoms with Crippen molar-refractivity contribution in [2.45, 2.75) is 119 Å². The third-order valence-corrected chi connectivity index (χ3v) is 16.8. The minimum absolute atomic E-state index is 0.116. The van der Waals surface area contributed by atoms with Crippen molar-refractivity contribution in [2.75, 3.05) is 47.8 Å². The van der Waals surface area contributed by atoms with Crippen molar-refractivity contribution in [1.82, 2.24) is 29.3 Å². The standard InChI is InChI=1S/C46H56FN9O5S/c1-27-22-31(8-9-34(27)49-44-48-25-33-28(2)43(59)55(41(33)51-44)30-6-4-5-7-30)62(61)32-23-46(24-32)16-20-53(21-17-46)26-29-14-18-54(19-15-29)35-10-11-36-40(39(35)47)52(3)45(60)56(36)37-12-13-38(57)50-42(37)58/h8-11,22,25,28-30,32,37H,4-7,12-21,23-24,26H2,1-3H3,(H,48,49,51)(H,50,57,58). The van der Waals surface area contributed by atoms with Crippen LogP contribution in [0.25, 0.3) is 11.0 Å². The average molecular weight is 866 g/mol. The molecule has 4 aromatic rings. The van der Waals surface area contributed by atoms with Crippen LogP contribution in [0.3, 0.4) is 0 Å². The number of aryl methyl sites for hydroxylation is 2. The summed E-state index contributed by atoms with van der Waals surface area (Å²) in [5.41, 5.74) is 3.52. The van der Waals surface area contributed by atoms with Gasteiger partial charge in [-0.2, -0.15) is 4.98 Å². The minimum Gasteiger partial charge on any atom is -0.369 e. The van der Waals surface area contributed by atoms with E-state index >= 15 is 4.39 Å². The SMILES string of the molecule is Cc1cc(S(=O)C2CC3(CCN(CC4CCN(c5ccc6c(c5F)n(C)c(=O)n6C5CCC(=O)NC5=O)CC4)CC3)C2)ccc1Nc1ncc2c(n1)N(C1CCCC1)C(=O)C2C. The molecule has 0 bridgehead atoms. The Morgan fingerprint density at radius 2 is 1.71 bits per heavy atom. The molecule has 6 heterocycles. The number of amides is 3. The van der Waals surface area contributed by atoms with E-state index in [0.717, 1.165) is 124 Å². The van der Waals surface area contributed by atoms with E-state index < -0.39 is 34.3 Å². The van der Waals surface area contributed by atoms with E-state index in [0.29, 0.717) is 23.1 Å². The number of nitrogens with zero attached hydrogens (tertiary/aromatic N) is 7. The molecule has 3 unspecified atom stereocenters. The number of piperidine rings is 3. The van der Waals surface area contributed by atoms with E-state index in [1.807, 2.05) is 36.9 Å². The molecule has 3 saturated heterocycles. The molecule has 2 N–H and O–H groups in total. The third kappa shape index (κ3) is 7.14. The van der Waals surface area contributed by atoms with Crippen molar-refractivity contribution in [1.29, 1.82) is 0 Å². The highest BCUT2D eigenvalue weighted by Crippen LogP contribution is 2.52. The Morgan fingerprint density at radius 1 is 0.968 bits per heavy atom. The summed E-state index contributed by atoms with van der Waals surface area (Å²) in [6, 6.07) is 8.76. The molecular formula is C46H56FN9O5S. The smallest absolute Gasteiger partial charge is 0.329 e. The van der Waals surface area contributed by atoms with Gasteiger partial charge in [-0.1, -0.05) is 12.8 Å². The number of carbonyl (C=O) groups is 3. The Morgan fingerprint density at radius 3 is 2.42 bits per heavy atom. The molecule has 10 rings (SSSR count). The first-order valence-electron chi connectivity index (χ1n) is 22.6. The Hall–Kier alpha value is -4.96. The Kier molecular flexibility index (Phi) is 10.6. The van der Waals surface area contributed by atoms with Gasteiger partial charge in [0.25, 0.3) is 0 Å². The number of imide groups is 1. The quantitative estimate of drug-likeness (QED) is 0.193. The fraction of sp³-hybridized carbons (Fsp3) is 0.565. The second-order valence-electron chi connectivity index (χ2n) is 18.9. The number of hydrogen-bond donors (Lipinski definition) is 2.